The number of allylic oxidation sites excluding steroid dienone is 1. The largest absolute Gasteiger partial charge is 0.493 e. The van der Waals surface area contributed by atoms with Crippen LogP contribution in [0.5, 0.6) is 11.5 Å². The van der Waals surface area contributed by atoms with Crippen LogP contribution in [0, 0.1) is 10.1 Å². The summed E-state index contributed by atoms with van der Waals surface area (Å²) in [5, 5.41) is 16.5. The molecule has 0 aromatic heterocycles. The van der Waals surface area contributed by atoms with Crippen molar-refractivity contribution in [3.8, 4) is 11.5 Å². The Morgan fingerprint density at radius 1 is 1.31 bits per heavy atom. The number of nitro benzene ring substituents is 1. The highest BCUT2D eigenvalue weighted by molar-refractivity contribution is 5.95. The lowest BCUT2D eigenvalue weighted by molar-refractivity contribution is -0.385. The van der Waals surface area contributed by atoms with E-state index in [4.69, 9.17) is 14.2 Å². The van der Waals surface area contributed by atoms with E-state index in [1.165, 1.54) is 26.4 Å². The summed E-state index contributed by atoms with van der Waals surface area (Å²) >= 11 is 0. The van der Waals surface area contributed by atoms with Crippen molar-refractivity contribution >= 4 is 17.7 Å². The highest BCUT2D eigenvalue weighted by Gasteiger charge is 2.34. The third-order valence-electron chi connectivity index (χ3n) is 3.78. The molecule has 1 aromatic carbocycles. The smallest absolute Gasteiger partial charge is 0.338 e. The van der Waals surface area contributed by atoms with Crippen molar-refractivity contribution in [1.82, 2.24) is 10.6 Å². The Kier molecular flexibility index (Phi) is 5.65. The van der Waals surface area contributed by atoms with Crippen LogP contribution in [-0.2, 0) is 9.53 Å². The minimum atomic E-state index is -0.943. The lowest BCUT2D eigenvalue weighted by Gasteiger charge is -2.28. The van der Waals surface area contributed by atoms with Crippen LogP contribution in [0.4, 0.5) is 10.5 Å². The van der Waals surface area contributed by atoms with Crippen molar-refractivity contribution in [1.29, 1.82) is 0 Å². The van der Waals surface area contributed by atoms with E-state index in [2.05, 4.69) is 10.6 Å². The number of nitrogens with one attached hydrogen (secondary N) is 2. The van der Waals surface area contributed by atoms with Crippen LogP contribution in [0.15, 0.2) is 23.4 Å². The van der Waals surface area contributed by atoms with E-state index in [1.807, 2.05) is 0 Å². The topological polar surface area (TPSA) is 129 Å². The van der Waals surface area contributed by atoms with Crippen molar-refractivity contribution in [2.75, 3.05) is 20.8 Å². The Morgan fingerprint density at radius 2 is 2.00 bits per heavy atom. The fraction of sp³-hybridized carbons (Fsp3) is 0.375. The van der Waals surface area contributed by atoms with Gasteiger partial charge in [0.1, 0.15) is 0 Å². The number of benzene rings is 1. The molecular formula is C16H19N3O7. The zero-order valence-corrected chi connectivity index (χ0v) is 14.7. The minimum Gasteiger partial charge on any atom is -0.493 e. The van der Waals surface area contributed by atoms with Gasteiger partial charge in [-0.25, -0.2) is 9.59 Å². The van der Waals surface area contributed by atoms with Crippen molar-refractivity contribution in [2.24, 2.45) is 0 Å². The minimum absolute atomic E-state index is 0.0557. The van der Waals surface area contributed by atoms with Gasteiger partial charge in [0.05, 0.1) is 37.4 Å². The van der Waals surface area contributed by atoms with Crippen LogP contribution in [0.3, 0.4) is 0 Å². The van der Waals surface area contributed by atoms with E-state index in [0.29, 0.717) is 5.70 Å². The second-order valence-corrected chi connectivity index (χ2v) is 5.32. The molecule has 2 amide bonds. The maximum Gasteiger partial charge on any atom is 0.338 e. The number of nitro groups is 1. The molecule has 0 saturated carbocycles. The maximum absolute atomic E-state index is 12.3. The summed E-state index contributed by atoms with van der Waals surface area (Å²) in [6.07, 6.45) is 0. The molecule has 1 aromatic rings. The van der Waals surface area contributed by atoms with Gasteiger partial charge in [-0.1, -0.05) is 0 Å². The molecule has 1 unspecified atom stereocenters. The highest BCUT2D eigenvalue weighted by Crippen LogP contribution is 2.41. The lowest BCUT2D eigenvalue weighted by Crippen LogP contribution is -2.45. The molecule has 0 aliphatic carbocycles. The number of nitrogens with zero attached hydrogens (tertiary/aromatic N) is 1. The number of carbonyl (C=O) groups excluding carboxylic acids is 2. The van der Waals surface area contributed by atoms with Gasteiger partial charge < -0.3 is 24.8 Å². The molecule has 0 spiro atoms. The van der Waals surface area contributed by atoms with E-state index in [0.717, 1.165) is 0 Å². The summed E-state index contributed by atoms with van der Waals surface area (Å²) in [5.41, 5.74) is 0.379. The molecule has 2 rings (SSSR count). The van der Waals surface area contributed by atoms with Gasteiger partial charge in [-0.15, -0.1) is 0 Å². The van der Waals surface area contributed by atoms with Gasteiger partial charge in [0, 0.05) is 11.8 Å². The molecule has 10 heteroatoms. The van der Waals surface area contributed by atoms with Crippen molar-refractivity contribution < 1.29 is 28.7 Å². The zero-order chi connectivity index (χ0) is 19.4. The number of ether oxygens (including phenoxy) is 3. The van der Waals surface area contributed by atoms with Gasteiger partial charge in [-0.2, -0.15) is 0 Å². The van der Waals surface area contributed by atoms with E-state index < -0.39 is 23.0 Å². The number of rotatable bonds is 6. The summed E-state index contributed by atoms with van der Waals surface area (Å²) in [4.78, 5) is 35.0. The molecule has 140 valence electrons. The number of hydrogen-bond acceptors (Lipinski definition) is 7. The van der Waals surface area contributed by atoms with Gasteiger partial charge in [0.25, 0.3) is 0 Å². The molecule has 2 N–H and O–H groups in total. The third-order valence-corrected chi connectivity index (χ3v) is 3.78. The Bertz CT molecular complexity index is 788. The molecule has 1 atom stereocenters. The summed E-state index contributed by atoms with van der Waals surface area (Å²) in [6.45, 7) is 3.34. The maximum atomic E-state index is 12.3. The number of methoxy groups -OCH3 is 2. The van der Waals surface area contributed by atoms with Crippen molar-refractivity contribution in [3.05, 3.63) is 39.1 Å². The number of carbonyl (C=O) groups is 2. The van der Waals surface area contributed by atoms with Crippen molar-refractivity contribution in [2.45, 2.75) is 19.9 Å². The SMILES string of the molecule is CCOC(=O)C1=C(C)NC(=O)NC1c1cc(OC)c(OC)c([N+](=O)[O-])c1. The predicted octanol–water partition coefficient (Wildman–Crippen LogP) is 1.80. The first-order valence-corrected chi connectivity index (χ1v) is 7.69. The Labute approximate surface area is 149 Å². The molecule has 1 aliphatic rings. The average Bonchev–Trinajstić information content (AvgIpc) is 2.59. The van der Waals surface area contributed by atoms with Gasteiger partial charge in [0.2, 0.25) is 5.75 Å². The highest BCUT2D eigenvalue weighted by atomic mass is 16.6. The molecule has 26 heavy (non-hydrogen) atoms. The monoisotopic (exact) mass is 365 g/mol. The van der Waals surface area contributed by atoms with Crippen LogP contribution in [-0.4, -0.2) is 37.8 Å². The summed E-state index contributed by atoms with van der Waals surface area (Å²) in [6, 6.07) is 1.21. The molecule has 1 heterocycles. The molecule has 10 nitrogen and oxygen atoms in total. The van der Waals surface area contributed by atoms with Crippen molar-refractivity contribution in [3.63, 3.8) is 0 Å². The normalized spacial score (nSPS) is 16.5. The standard InChI is InChI=1S/C16H19N3O7/c1-5-26-15(20)12-8(2)17-16(21)18-13(12)9-6-10(19(22)23)14(25-4)11(7-9)24-3/h6-7,13H,5H2,1-4H3,(H2,17,18,21). The first-order chi connectivity index (χ1) is 12.3. The van der Waals surface area contributed by atoms with Crippen LogP contribution in [0.2, 0.25) is 0 Å². The van der Waals surface area contributed by atoms with E-state index >= 15 is 0 Å². The van der Waals surface area contributed by atoms with Gasteiger partial charge in [0.15, 0.2) is 5.75 Å². The fourth-order valence-electron chi connectivity index (χ4n) is 2.69. The summed E-state index contributed by atoms with van der Waals surface area (Å²) in [7, 11) is 2.62. The van der Waals surface area contributed by atoms with E-state index in [9.17, 15) is 19.7 Å². The van der Waals surface area contributed by atoms with Crippen LogP contribution in [0.25, 0.3) is 0 Å². The summed E-state index contributed by atoms with van der Waals surface area (Å²) in [5.74, 6) is -0.592. The Balaban J connectivity index is 2.65. The number of esters is 1. The fourth-order valence-corrected chi connectivity index (χ4v) is 2.69. The van der Waals surface area contributed by atoms with Gasteiger partial charge in [-0.3, -0.25) is 10.1 Å². The van der Waals surface area contributed by atoms with E-state index in [-0.39, 0.29) is 34.9 Å². The van der Waals surface area contributed by atoms with Crippen LogP contribution >= 0.6 is 0 Å². The average molecular weight is 365 g/mol. The van der Waals surface area contributed by atoms with Gasteiger partial charge in [-0.05, 0) is 25.5 Å². The first kappa shape index (κ1) is 19.0. The van der Waals surface area contributed by atoms with Gasteiger partial charge >= 0.3 is 17.7 Å². The molecule has 1 aliphatic heterocycles. The first-order valence-electron chi connectivity index (χ1n) is 7.69. The molecule has 0 bridgehead atoms. The second-order valence-electron chi connectivity index (χ2n) is 5.32. The Hall–Kier alpha value is -3.30. The molecule has 0 saturated heterocycles. The molecule has 0 radical (unpaired) electrons. The number of amides is 2. The second kappa shape index (κ2) is 7.72. The summed E-state index contributed by atoms with van der Waals surface area (Å²) < 4.78 is 15.3. The zero-order valence-electron chi connectivity index (χ0n) is 14.7. The molecule has 0 fully saturated rings. The van der Waals surface area contributed by atoms with E-state index in [1.54, 1.807) is 13.8 Å². The third kappa shape index (κ3) is 3.53. The number of hydrogen-bond donors (Lipinski definition) is 2. The number of urea groups is 1. The lowest BCUT2D eigenvalue weighted by atomic mass is 9.94. The molecular weight excluding hydrogens is 346 g/mol. The Morgan fingerprint density at radius 3 is 2.54 bits per heavy atom. The quantitative estimate of drug-likeness (QED) is 0.447. The van der Waals surface area contributed by atoms with Crippen LogP contribution < -0.4 is 20.1 Å². The predicted molar refractivity (Wildman–Crippen MR) is 89.9 cm³/mol. The van der Waals surface area contributed by atoms with Crippen LogP contribution in [0.1, 0.15) is 25.5 Å².